The molecular weight excluding hydrogens is 350 g/mol. The second kappa shape index (κ2) is 5.96. The zero-order chi connectivity index (χ0) is 15.6. The third kappa shape index (κ3) is 3.40. The lowest BCUT2D eigenvalue weighted by molar-refractivity contribution is -0.385. The first-order valence-corrected chi connectivity index (χ1v) is 6.38. The van der Waals surface area contributed by atoms with Crippen LogP contribution in [-0.2, 0) is 0 Å². The number of halogens is 3. The molecule has 0 unspecified atom stereocenters. The molecule has 0 heterocycles. The maximum Gasteiger partial charge on any atom is 0.285 e. The van der Waals surface area contributed by atoms with Crippen molar-refractivity contribution in [1.29, 1.82) is 0 Å². The lowest BCUT2D eigenvalue weighted by Crippen LogP contribution is -2.14. The first-order chi connectivity index (χ1) is 9.88. The molecule has 0 saturated carbocycles. The van der Waals surface area contributed by atoms with Crippen LogP contribution in [0.1, 0.15) is 10.4 Å². The van der Waals surface area contributed by atoms with Gasteiger partial charge in [0.1, 0.15) is 17.2 Å². The predicted molar refractivity (Wildman–Crippen MR) is 75.1 cm³/mol. The maximum atomic E-state index is 13.1. The third-order valence-corrected chi connectivity index (χ3v) is 3.19. The van der Waals surface area contributed by atoms with E-state index < -0.39 is 28.2 Å². The summed E-state index contributed by atoms with van der Waals surface area (Å²) in [4.78, 5) is 22.0. The van der Waals surface area contributed by atoms with Gasteiger partial charge in [0.2, 0.25) is 0 Å². The number of nitrogens with one attached hydrogen (secondary N) is 1. The Hall–Kier alpha value is -2.35. The van der Waals surface area contributed by atoms with Crippen LogP contribution in [0.5, 0.6) is 0 Å². The smallest absolute Gasteiger partial charge is 0.285 e. The molecule has 0 saturated heterocycles. The second-order valence-corrected chi connectivity index (χ2v) is 4.86. The highest BCUT2D eigenvalue weighted by atomic mass is 79.9. The largest absolute Gasteiger partial charge is 0.322 e. The van der Waals surface area contributed by atoms with Crippen LogP contribution in [0.15, 0.2) is 40.9 Å². The molecule has 2 aromatic carbocycles. The Balaban J connectivity index is 2.32. The van der Waals surface area contributed by atoms with Crippen molar-refractivity contribution < 1.29 is 18.5 Å². The summed E-state index contributed by atoms with van der Waals surface area (Å²) in [6, 6.07) is 6.36. The van der Waals surface area contributed by atoms with E-state index in [2.05, 4.69) is 21.2 Å². The zero-order valence-corrected chi connectivity index (χ0v) is 11.9. The van der Waals surface area contributed by atoms with E-state index in [0.29, 0.717) is 6.07 Å². The monoisotopic (exact) mass is 356 g/mol. The van der Waals surface area contributed by atoms with Gasteiger partial charge in [0, 0.05) is 5.69 Å². The minimum absolute atomic E-state index is 0.133. The average Bonchev–Trinajstić information content (AvgIpc) is 2.42. The van der Waals surface area contributed by atoms with Gasteiger partial charge in [0.25, 0.3) is 11.6 Å². The molecule has 0 aliphatic carbocycles. The number of rotatable bonds is 3. The number of carbonyl (C=O) groups excluding carboxylic acids is 1. The lowest BCUT2D eigenvalue weighted by Gasteiger charge is -2.06. The quantitative estimate of drug-likeness (QED) is 0.669. The van der Waals surface area contributed by atoms with Crippen molar-refractivity contribution >= 4 is 33.2 Å². The molecule has 1 amide bonds. The Morgan fingerprint density at radius 1 is 1.19 bits per heavy atom. The number of nitro benzene ring substituents is 1. The number of carbonyl (C=O) groups is 1. The van der Waals surface area contributed by atoms with Gasteiger partial charge in [-0.1, -0.05) is 0 Å². The van der Waals surface area contributed by atoms with E-state index in [1.165, 1.54) is 12.1 Å². The molecule has 0 aromatic heterocycles. The number of benzene rings is 2. The van der Waals surface area contributed by atoms with Gasteiger partial charge >= 0.3 is 0 Å². The number of nitrogens with zero attached hydrogens (tertiary/aromatic N) is 1. The molecule has 21 heavy (non-hydrogen) atoms. The Morgan fingerprint density at radius 2 is 1.90 bits per heavy atom. The summed E-state index contributed by atoms with van der Waals surface area (Å²) < 4.78 is 26.2. The van der Waals surface area contributed by atoms with Crippen LogP contribution in [0.25, 0.3) is 0 Å². The van der Waals surface area contributed by atoms with Gasteiger partial charge < -0.3 is 5.32 Å². The Kier molecular flexibility index (Phi) is 4.27. The number of hydrogen-bond acceptors (Lipinski definition) is 3. The first kappa shape index (κ1) is 15.0. The topological polar surface area (TPSA) is 72.2 Å². The van der Waals surface area contributed by atoms with Crippen molar-refractivity contribution in [1.82, 2.24) is 0 Å². The summed E-state index contributed by atoms with van der Waals surface area (Å²) in [7, 11) is 0. The van der Waals surface area contributed by atoms with Crippen molar-refractivity contribution in [3.05, 3.63) is 68.2 Å². The highest BCUT2D eigenvalue weighted by Gasteiger charge is 2.21. The SMILES string of the molecule is O=C(Nc1ccc(F)c(Br)c1)c1ccc(F)cc1[N+](=O)[O-]. The van der Waals surface area contributed by atoms with E-state index >= 15 is 0 Å². The predicted octanol–water partition coefficient (Wildman–Crippen LogP) is 3.89. The summed E-state index contributed by atoms with van der Waals surface area (Å²) in [6.45, 7) is 0. The van der Waals surface area contributed by atoms with E-state index in [4.69, 9.17) is 0 Å². The summed E-state index contributed by atoms with van der Waals surface area (Å²) in [6.07, 6.45) is 0. The number of amides is 1. The molecule has 8 heteroatoms. The molecule has 0 radical (unpaired) electrons. The number of hydrogen-bond donors (Lipinski definition) is 1. The molecule has 2 rings (SSSR count). The van der Waals surface area contributed by atoms with Gasteiger partial charge in [-0.25, -0.2) is 8.78 Å². The van der Waals surface area contributed by atoms with Crippen LogP contribution in [-0.4, -0.2) is 10.8 Å². The molecular formula is C13H7BrF2N2O3. The van der Waals surface area contributed by atoms with Crippen LogP contribution >= 0.6 is 15.9 Å². The molecule has 0 aliphatic heterocycles. The molecule has 0 spiro atoms. The minimum Gasteiger partial charge on any atom is -0.322 e. The van der Waals surface area contributed by atoms with Crippen LogP contribution in [0.4, 0.5) is 20.2 Å². The molecule has 5 nitrogen and oxygen atoms in total. The standard InChI is InChI=1S/C13H7BrF2N2O3/c14-10-6-8(2-4-11(10)16)17-13(19)9-3-1-7(15)5-12(9)18(20)21/h1-6H,(H,17,19). The van der Waals surface area contributed by atoms with E-state index in [-0.39, 0.29) is 15.7 Å². The number of nitro groups is 1. The molecule has 0 fully saturated rings. The summed E-state index contributed by atoms with van der Waals surface area (Å²) >= 11 is 2.96. The fourth-order valence-corrected chi connectivity index (χ4v) is 2.00. The van der Waals surface area contributed by atoms with Crippen LogP contribution in [0.2, 0.25) is 0 Å². The Morgan fingerprint density at radius 3 is 2.52 bits per heavy atom. The van der Waals surface area contributed by atoms with Crippen LogP contribution in [0.3, 0.4) is 0 Å². The molecule has 2 aromatic rings. The molecule has 0 bridgehead atoms. The van der Waals surface area contributed by atoms with Crippen molar-refractivity contribution in [3.8, 4) is 0 Å². The van der Waals surface area contributed by atoms with E-state index in [0.717, 1.165) is 18.2 Å². The minimum atomic E-state index is -0.849. The third-order valence-electron chi connectivity index (χ3n) is 2.58. The van der Waals surface area contributed by atoms with Crippen LogP contribution in [0, 0.1) is 21.7 Å². The van der Waals surface area contributed by atoms with Crippen molar-refractivity contribution in [2.24, 2.45) is 0 Å². The van der Waals surface area contributed by atoms with Crippen molar-refractivity contribution in [2.75, 3.05) is 5.32 Å². The van der Waals surface area contributed by atoms with Gasteiger partial charge in [0.15, 0.2) is 0 Å². The van der Waals surface area contributed by atoms with Crippen molar-refractivity contribution in [2.45, 2.75) is 0 Å². The van der Waals surface area contributed by atoms with Gasteiger partial charge in [-0.3, -0.25) is 14.9 Å². The van der Waals surface area contributed by atoms with E-state index in [9.17, 15) is 23.7 Å². The summed E-state index contributed by atoms with van der Waals surface area (Å²) in [5.41, 5.74) is -0.692. The molecule has 0 atom stereocenters. The van der Waals surface area contributed by atoms with Gasteiger partial charge in [-0.2, -0.15) is 0 Å². The fourth-order valence-electron chi connectivity index (χ4n) is 1.62. The zero-order valence-electron chi connectivity index (χ0n) is 10.3. The Bertz CT molecular complexity index is 737. The fraction of sp³-hybridized carbons (Fsp3) is 0. The summed E-state index contributed by atoms with van der Waals surface area (Å²) in [5.74, 6) is -2.12. The molecule has 0 aliphatic rings. The summed E-state index contributed by atoms with van der Waals surface area (Å²) in [5, 5.41) is 13.2. The average molecular weight is 357 g/mol. The lowest BCUT2D eigenvalue weighted by atomic mass is 10.1. The second-order valence-electron chi connectivity index (χ2n) is 4.00. The van der Waals surface area contributed by atoms with Crippen LogP contribution < -0.4 is 5.32 Å². The highest BCUT2D eigenvalue weighted by molar-refractivity contribution is 9.10. The first-order valence-electron chi connectivity index (χ1n) is 5.59. The van der Waals surface area contributed by atoms with Gasteiger partial charge in [0.05, 0.1) is 15.5 Å². The molecule has 1 N–H and O–H groups in total. The van der Waals surface area contributed by atoms with E-state index in [1.54, 1.807) is 0 Å². The van der Waals surface area contributed by atoms with Crippen molar-refractivity contribution in [3.63, 3.8) is 0 Å². The normalized spacial score (nSPS) is 10.2. The van der Waals surface area contributed by atoms with Gasteiger partial charge in [-0.15, -0.1) is 0 Å². The molecule has 108 valence electrons. The van der Waals surface area contributed by atoms with Gasteiger partial charge in [-0.05, 0) is 46.3 Å². The number of anilines is 1. The highest BCUT2D eigenvalue weighted by Crippen LogP contribution is 2.23. The maximum absolute atomic E-state index is 13.1. The van der Waals surface area contributed by atoms with E-state index in [1.807, 2.05) is 0 Å². The Labute approximate surface area is 125 Å².